The molecule has 0 fully saturated rings. The Bertz CT molecular complexity index is 674. The van der Waals surface area contributed by atoms with Gasteiger partial charge in [-0.25, -0.2) is 8.78 Å². The van der Waals surface area contributed by atoms with Crippen molar-refractivity contribution in [2.45, 2.75) is 13.0 Å². The van der Waals surface area contributed by atoms with Crippen molar-refractivity contribution in [2.75, 3.05) is 5.88 Å². The van der Waals surface area contributed by atoms with E-state index in [0.717, 1.165) is 0 Å². The smallest absolute Gasteiger partial charge is 0.138 e. The zero-order chi connectivity index (χ0) is 15.1. The highest BCUT2D eigenvalue weighted by atomic mass is 35.5. The second-order valence-corrected chi connectivity index (χ2v) is 4.64. The van der Waals surface area contributed by atoms with Crippen LogP contribution in [0.25, 0.3) is 0 Å². The summed E-state index contributed by atoms with van der Waals surface area (Å²) in [5.74, 6) is 5.67. The minimum absolute atomic E-state index is 0.0142. The molecule has 0 aliphatic heterocycles. The minimum atomic E-state index is -0.429. The third-order valence-corrected chi connectivity index (χ3v) is 2.92. The van der Waals surface area contributed by atoms with E-state index in [0.29, 0.717) is 29.2 Å². The average Bonchev–Trinajstić information content (AvgIpc) is 2.48. The van der Waals surface area contributed by atoms with E-state index in [4.69, 9.17) is 16.3 Å². The first-order valence-electron chi connectivity index (χ1n) is 6.41. The number of halogens is 3. The lowest BCUT2D eigenvalue weighted by Gasteiger charge is -2.09. The highest BCUT2D eigenvalue weighted by Gasteiger charge is 2.06. The van der Waals surface area contributed by atoms with E-state index in [-0.39, 0.29) is 12.4 Å². The Morgan fingerprint density at radius 3 is 2.67 bits per heavy atom. The molecule has 0 aromatic heterocycles. The molecule has 4 heteroatoms. The monoisotopic (exact) mass is 306 g/mol. The fourth-order valence-electron chi connectivity index (χ4n) is 1.69. The van der Waals surface area contributed by atoms with Gasteiger partial charge >= 0.3 is 0 Å². The van der Waals surface area contributed by atoms with Gasteiger partial charge in [0.05, 0.1) is 5.56 Å². The van der Waals surface area contributed by atoms with Gasteiger partial charge in [0.1, 0.15) is 24.0 Å². The lowest BCUT2D eigenvalue weighted by Crippen LogP contribution is -2.00. The summed E-state index contributed by atoms with van der Waals surface area (Å²) in [7, 11) is 0. The van der Waals surface area contributed by atoms with Crippen LogP contribution in [0.3, 0.4) is 0 Å². The molecule has 2 aromatic rings. The van der Waals surface area contributed by atoms with Crippen LogP contribution in [0.15, 0.2) is 42.5 Å². The van der Waals surface area contributed by atoms with Crippen LogP contribution in [-0.2, 0) is 6.61 Å². The summed E-state index contributed by atoms with van der Waals surface area (Å²) < 4.78 is 32.3. The van der Waals surface area contributed by atoms with Gasteiger partial charge in [0.2, 0.25) is 0 Å². The molecule has 0 saturated carbocycles. The first-order chi connectivity index (χ1) is 10.2. The van der Waals surface area contributed by atoms with E-state index >= 15 is 0 Å². The standard InChI is InChI=1S/C17H13ClF2O/c18-10-4-3-5-13-8-9-15(19)11-17(13)21-12-14-6-1-2-7-16(14)20/h1-2,6-9,11H,4,10,12H2. The van der Waals surface area contributed by atoms with Crippen molar-refractivity contribution in [1.82, 2.24) is 0 Å². The number of rotatable bonds is 4. The molecular weight excluding hydrogens is 294 g/mol. The molecule has 0 bridgehead atoms. The molecule has 0 atom stereocenters. The van der Waals surface area contributed by atoms with Crippen LogP contribution in [0.1, 0.15) is 17.5 Å². The Hall–Kier alpha value is -2.05. The molecule has 2 aromatic carbocycles. The molecule has 1 nitrogen and oxygen atoms in total. The van der Waals surface area contributed by atoms with E-state index in [1.54, 1.807) is 18.2 Å². The molecule has 0 aliphatic carbocycles. The van der Waals surface area contributed by atoms with Crippen LogP contribution in [-0.4, -0.2) is 5.88 Å². The summed E-state index contributed by atoms with van der Waals surface area (Å²) in [5.41, 5.74) is 0.958. The summed E-state index contributed by atoms with van der Waals surface area (Å²) in [6.45, 7) is 0.0142. The van der Waals surface area contributed by atoms with Gasteiger partial charge in [0.15, 0.2) is 0 Å². The zero-order valence-corrected chi connectivity index (χ0v) is 12.0. The van der Waals surface area contributed by atoms with E-state index in [1.165, 1.54) is 24.3 Å². The topological polar surface area (TPSA) is 9.23 Å². The fraction of sp³-hybridized carbons (Fsp3) is 0.176. The van der Waals surface area contributed by atoms with Crippen molar-refractivity contribution >= 4 is 11.6 Å². The molecule has 0 aliphatic rings. The Morgan fingerprint density at radius 1 is 1.10 bits per heavy atom. The predicted molar refractivity (Wildman–Crippen MR) is 79.3 cm³/mol. The van der Waals surface area contributed by atoms with Crippen LogP contribution in [0, 0.1) is 23.5 Å². The van der Waals surface area contributed by atoms with Gasteiger partial charge in [-0.05, 0) is 18.2 Å². The summed E-state index contributed by atoms with van der Waals surface area (Å²) in [4.78, 5) is 0. The van der Waals surface area contributed by atoms with E-state index in [2.05, 4.69) is 11.8 Å². The van der Waals surface area contributed by atoms with Crippen LogP contribution in [0.2, 0.25) is 0 Å². The Morgan fingerprint density at radius 2 is 1.90 bits per heavy atom. The number of benzene rings is 2. The van der Waals surface area contributed by atoms with Gasteiger partial charge in [0, 0.05) is 23.9 Å². The fourth-order valence-corrected chi connectivity index (χ4v) is 1.79. The number of alkyl halides is 1. The maximum absolute atomic E-state index is 13.5. The molecule has 0 saturated heterocycles. The van der Waals surface area contributed by atoms with Crippen molar-refractivity contribution in [3.8, 4) is 17.6 Å². The first-order valence-corrected chi connectivity index (χ1v) is 6.95. The van der Waals surface area contributed by atoms with Gasteiger partial charge in [-0.1, -0.05) is 30.0 Å². The molecular formula is C17H13ClF2O. The Kier molecular flexibility index (Phi) is 5.59. The SMILES string of the molecule is Fc1ccc(C#CCCCl)c(OCc2ccccc2F)c1. The third kappa shape index (κ3) is 4.47. The third-order valence-electron chi connectivity index (χ3n) is 2.73. The van der Waals surface area contributed by atoms with Crippen LogP contribution in [0.4, 0.5) is 8.78 Å². The van der Waals surface area contributed by atoms with Crippen molar-refractivity contribution in [3.05, 3.63) is 65.2 Å². The average molecular weight is 307 g/mol. The highest BCUT2D eigenvalue weighted by molar-refractivity contribution is 6.18. The summed E-state index contributed by atoms with van der Waals surface area (Å²) >= 11 is 5.56. The number of hydrogen-bond acceptors (Lipinski definition) is 1. The molecule has 0 spiro atoms. The van der Waals surface area contributed by atoms with Crippen LogP contribution in [0.5, 0.6) is 5.75 Å². The second-order valence-electron chi connectivity index (χ2n) is 4.26. The highest BCUT2D eigenvalue weighted by Crippen LogP contribution is 2.21. The number of ether oxygens (including phenoxy) is 1. The molecule has 2 rings (SSSR count). The minimum Gasteiger partial charge on any atom is -0.487 e. The van der Waals surface area contributed by atoms with Crippen molar-refractivity contribution in [2.24, 2.45) is 0 Å². The lowest BCUT2D eigenvalue weighted by atomic mass is 10.2. The van der Waals surface area contributed by atoms with E-state index in [1.807, 2.05) is 0 Å². The zero-order valence-electron chi connectivity index (χ0n) is 11.2. The largest absolute Gasteiger partial charge is 0.487 e. The van der Waals surface area contributed by atoms with E-state index < -0.39 is 5.82 Å². The van der Waals surface area contributed by atoms with E-state index in [9.17, 15) is 8.78 Å². The van der Waals surface area contributed by atoms with Crippen LogP contribution >= 0.6 is 11.6 Å². The predicted octanol–water partition coefficient (Wildman–Crippen LogP) is 4.52. The lowest BCUT2D eigenvalue weighted by molar-refractivity contribution is 0.297. The van der Waals surface area contributed by atoms with Gasteiger partial charge in [-0.15, -0.1) is 11.6 Å². The first kappa shape index (κ1) is 15.3. The van der Waals surface area contributed by atoms with Gasteiger partial charge in [-0.2, -0.15) is 0 Å². The second kappa shape index (κ2) is 7.66. The Balaban J connectivity index is 2.17. The summed E-state index contributed by atoms with van der Waals surface area (Å²) in [6, 6.07) is 10.4. The van der Waals surface area contributed by atoms with Gasteiger partial charge < -0.3 is 4.74 Å². The quantitative estimate of drug-likeness (QED) is 0.596. The number of hydrogen-bond donors (Lipinski definition) is 0. The molecule has 108 valence electrons. The van der Waals surface area contributed by atoms with Crippen LogP contribution < -0.4 is 4.74 Å². The summed E-state index contributed by atoms with van der Waals surface area (Å²) in [5, 5.41) is 0. The van der Waals surface area contributed by atoms with Gasteiger partial charge in [-0.3, -0.25) is 0 Å². The van der Waals surface area contributed by atoms with Crippen molar-refractivity contribution in [3.63, 3.8) is 0 Å². The molecule has 21 heavy (non-hydrogen) atoms. The molecule has 0 heterocycles. The van der Waals surface area contributed by atoms with Crippen molar-refractivity contribution < 1.29 is 13.5 Å². The molecule has 0 amide bonds. The molecule has 0 radical (unpaired) electrons. The summed E-state index contributed by atoms with van der Waals surface area (Å²) in [6.07, 6.45) is 0.533. The maximum Gasteiger partial charge on any atom is 0.138 e. The maximum atomic E-state index is 13.5. The normalized spacial score (nSPS) is 9.86. The molecule has 0 N–H and O–H groups in total. The van der Waals surface area contributed by atoms with Gasteiger partial charge in [0.25, 0.3) is 0 Å². The molecule has 0 unspecified atom stereocenters. The van der Waals surface area contributed by atoms with Crippen molar-refractivity contribution in [1.29, 1.82) is 0 Å². The Labute approximate surface area is 127 Å².